The minimum atomic E-state index is -3.01. The molecule has 170 valence electrons. The molecule has 2 aromatic carbocycles. The summed E-state index contributed by atoms with van der Waals surface area (Å²) in [5.41, 5.74) is 1.38. The molecule has 0 radical (unpaired) electrons. The molecule has 1 fully saturated rings. The first kappa shape index (κ1) is 22.1. The van der Waals surface area contributed by atoms with Gasteiger partial charge in [-0.1, -0.05) is 13.3 Å². The Bertz CT molecular complexity index is 1090. The molecule has 0 saturated carbocycles. The SMILES string of the molecule is CCCc1cc(OC(F)F)c2c(c1)c(NC(=O)c1ccc(F)cc1)nn2C1CCCCO1. The Morgan fingerprint density at radius 1 is 1.28 bits per heavy atom. The van der Waals surface area contributed by atoms with Crippen LogP contribution in [0.25, 0.3) is 10.9 Å². The highest BCUT2D eigenvalue weighted by atomic mass is 19.3. The quantitative estimate of drug-likeness (QED) is 0.506. The maximum absolute atomic E-state index is 13.2. The summed E-state index contributed by atoms with van der Waals surface area (Å²) in [4.78, 5) is 12.8. The highest BCUT2D eigenvalue weighted by Crippen LogP contribution is 2.38. The van der Waals surface area contributed by atoms with E-state index >= 15 is 0 Å². The number of amides is 1. The van der Waals surface area contributed by atoms with Crippen molar-refractivity contribution in [2.24, 2.45) is 0 Å². The number of aryl methyl sites for hydroxylation is 1. The number of ether oxygens (including phenoxy) is 2. The van der Waals surface area contributed by atoms with Crippen LogP contribution in [-0.4, -0.2) is 28.9 Å². The number of hydrogen-bond donors (Lipinski definition) is 1. The van der Waals surface area contributed by atoms with Crippen molar-refractivity contribution in [1.82, 2.24) is 9.78 Å². The van der Waals surface area contributed by atoms with E-state index in [0.29, 0.717) is 30.4 Å². The van der Waals surface area contributed by atoms with E-state index in [1.165, 1.54) is 28.9 Å². The predicted octanol–water partition coefficient (Wildman–Crippen LogP) is 5.68. The lowest BCUT2D eigenvalue weighted by Gasteiger charge is -2.24. The van der Waals surface area contributed by atoms with Crippen LogP contribution in [0.3, 0.4) is 0 Å². The summed E-state index contributed by atoms with van der Waals surface area (Å²) in [5.74, 6) is -0.743. The first-order valence-corrected chi connectivity index (χ1v) is 10.6. The zero-order valence-electron chi connectivity index (χ0n) is 17.6. The molecule has 1 saturated heterocycles. The van der Waals surface area contributed by atoms with Gasteiger partial charge in [-0.25, -0.2) is 9.07 Å². The van der Waals surface area contributed by atoms with Crippen molar-refractivity contribution in [3.63, 3.8) is 0 Å². The molecule has 3 aromatic rings. The Balaban J connectivity index is 1.82. The number of fused-ring (bicyclic) bond motifs is 1. The smallest absolute Gasteiger partial charge is 0.387 e. The number of anilines is 1. The van der Waals surface area contributed by atoms with Crippen LogP contribution in [-0.2, 0) is 11.2 Å². The molecule has 32 heavy (non-hydrogen) atoms. The van der Waals surface area contributed by atoms with E-state index in [1.54, 1.807) is 6.07 Å². The first-order chi connectivity index (χ1) is 15.5. The summed E-state index contributed by atoms with van der Waals surface area (Å²) in [6.07, 6.45) is 3.46. The zero-order chi connectivity index (χ0) is 22.7. The van der Waals surface area contributed by atoms with E-state index in [4.69, 9.17) is 9.47 Å². The number of rotatable bonds is 7. The Kier molecular flexibility index (Phi) is 6.64. The fourth-order valence-corrected chi connectivity index (χ4v) is 3.91. The van der Waals surface area contributed by atoms with E-state index in [0.717, 1.165) is 24.8 Å². The monoisotopic (exact) mass is 447 g/mol. The van der Waals surface area contributed by atoms with Gasteiger partial charge in [-0.15, -0.1) is 0 Å². The fraction of sp³-hybridized carbons (Fsp3) is 0.391. The van der Waals surface area contributed by atoms with Gasteiger partial charge in [0.1, 0.15) is 11.3 Å². The van der Waals surface area contributed by atoms with Gasteiger partial charge in [-0.05, 0) is 67.6 Å². The molecule has 4 rings (SSSR count). The van der Waals surface area contributed by atoms with E-state index in [9.17, 15) is 18.0 Å². The average molecular weight is 447 g/mol. The third-order valence-corrected chi connectivity index (χ3v) is 5.35. The summed E-state index contributed by atoms with van der Waals surface area (Å²) in [6, 6.07) is 8.52. The van der Waals surface area contributed by atoms with E-state index in [1.807, 2.05) is 13.0 Å². The maximum Gasteiger partial charge on any atom is 0.387 e. The van der Waals surface area contributed by atoms with E-state index in [-0.39, 0.29) is 17.1 Å². The summed E-state index contributed by atoms with van der Waals surface area (Å²) in [6.45, 7) is -0.501. The van der Waals surface area contributed by atoms with Gasteiger partial charge in [0.2, 0.25) is 0 Å². The van der Waals surface area contributed by atoms with Crippen LogP contribution in [0.2, 0.25) is 0 Å². The lowest BCUT2D eigenvalue weighted by atomic mass is 10.1. The van der Waals surface area contributed by atoms with Crippen molar-refractivity contribution in [2.45, 2.75) is 51.9 Å². The molecule has 1 unspecified atom stereocenters. The van der Waals surface area contributed by atoms with E-state index in [2.05, 4.69) is 10.4 Å². The number of hydrogen-bond acceptors (Lipinski definition) is 4. The largest absolute Gasteiger partial charge is 0.432 e. The molecule has 1 aliphatic rings. The number of nitrogens with one attached hydrogen (secondary N) is 1. The Morgan fingerprint density at radius 2 is 2.06 bits per heavy atom. The highest BCUT2D eigenvalue weighted by molar-refractivity contribution is 6.08. The lowest BCUT2D eigenvalue weighted by molar-refractivity contribution is -0.0517. The second-order valence-corrected chi connectivity index (χ2v) is 7.69. The number of benzene rings is 2. The normalized spacial score (nSPS) is 16.5. The maximum atomic E-state index is 13.2. The molecule has 9 heteroatoms. The summed E-state index contributed by atoms with van der Waals surface area (Å²) in [5, 5.41) is 7.75. The molecule has 6 nitrogen and oxygen atoms in total. The molecule has 1 N–H and O–H groups in total. The number of alkyl halides is 2. The van der Waals surface area contributed by atoms with Gasteiger partial charge in [-0.3, -0.25) is 4.79 Å². The second-order valence-electron chi connectivity index (χ2n) is 7.69. The van der Waals surface area contributed by atoms with Crippen molar-refractivity contribution in [1.29, 1.82) is 0 Å². The van der Waals surface area contributed by atoms with Gasteiger partial charge < -0.3 is 14.8 Å². The number of aromatic nitrogens is 2. The third-order valence-electron chi connectivity index (χ3n) is 5.35. The Labute approximate surface area is 183 Å². The van der Waals surface area contributed by atoms with Crippen molar-refractivity contribution < 1.29 is 27.4 Å². The molecular weight excluding hydrogens is 423 g/mol. The molecule has 0 spiro atoms. The molecule has 0 bridgehead atoms. The molecule has 1 aliphatic heterocycles. The minimum absolute atomic E-state index is 0.00935. The van der Waals surface area contributed by atoms with Crippen molar-refractivity contribution in [2.75, 3.05) is 11.9 Å². The van der Waals surface area contributed by atoms with Crippen LogP contribution in [0.1, 0.15) is 54.8 Å². The topological polar surface area (TPSA) is 65.4 Å². The number of nitrogens with zero attached hydrogens (tertiary/aromatic N) is 2. The first-order valence-electron chi connectivity index (χ1n) is 10.6. The third kappa shape index (κ3) is 4.72. The molecule has 1 amide bonds. The van der Waals surface area contributed by atoms with Gasteiger partial charge in [-0.2, -0.15) is 13.9 Å². The van der Waals surface area contributed by atoms with Crippen LogP contribution in [0.5, 0.6) is 5.75 Å². The zero-order valence-corrected chi connectivity index (χ0v) is 17.6. The van der Waals surface area contributed by atoms with E-state index < -0.39 is 24.6 Å². The van der Waals surface area contributed by atoms with Crippen molar-refractivity contribution in [3.05, 3.63) is 53.3 Å². The number of carbonyl (C=O) groups excluding carboxylic acids is 1. The van der Waals surface area contributed by atoms with Gasteiger partial charge in [0.15, 0.2) is 17.8 Å². The minimum Gasteiger partial charge on any atom is -0.432 e. The second kappa shape index (κ2) is 9.60. The van der Waals surface area contributed by atoms with Gasteiger partial charge in [0.05, 0.1) is 0 Å². The lowest BCUT2D eigenvalue weighted by Crippen LogP contribution is -2.20. The number of halogens is 3. The molecule has 2 heterocycles. The van der Waals surface area contributed by atoms with Gasteiger partial charge in [0, 0.05) is 17.6 Å². The predicted molar refractivity (Wildman–Crippen MR) is 114 cm³/mol. The average Bonchev–Trinajstić information content (AvgIpc) is 3.13. The van der Waals surface area contributed by atoms with Crippen LogP contribution < -0.4 is 10.1 Å². The standard InChI is InChI=1S/C23H24F3N3O3/c1-2-5-14-12-17-20(18(13-14)32-23(25)26)29(19-6-3-4-11-31-19)28-21(17)27-22(30)15-7-9-16(24)10-8-15/h7-10,12-13,19,23H,2-6,11H2,1H3,(H,27,28,30). The molecule has 1 aromatic heterocycles. The summed E-state index contributed by atoms with van der Waals surface area (Å²) < 4.78 is 51.9. The van der Waals surface area contributed by atoms with Crippen molar-refractivity contribution in [3.8, 4) is 5.75 Å². The highest BCUT2D eigenvalue weighted by Gasteiger charge is 2.26. The van der Waals surface area contributed by atoms with Crippen molar-refractivity contribution >= 4 is 22.6 Å². The fourth-order valence-electron chi connectivity index (χ4n) is 3.91. The molecule has 0 aliphatic carbocycles. The van der Waals surface area contributed by atoms with Gasteiger partial charge >= 0.3 is 6.61 Å². The molecular formula is C23H24F3N3O3. The Morgan fingerprint density at radius 3 is 2.72 bits per heavy atom. The Hall–Kier alpha value is -3.07. The summed E-state index contributed by atoms with van der Waals surface area (Å²) >= 11 is 0. The van der Waals surface area contributed by atoms with Crippen LogP contribution >= 0.6 is 0 Å². The summed E-state index contributed by atoms with van der Waals surface area (Å²) in [7, 11) is 0. The molecule has 1 atom stereocenters. The van der Waals surface area contributed by atoms with Crippen LogP contribution in [0, 0.1) is 5.82 Å². The van der Waals surface area contributed by atoms with Gasteiger partial charge in [0.25, 0.3) is 5.91 Å². The number of carbonyl (C=O) groups is 1. The van der Waals surface area contributed by atoms with Crippen LogP contribution in [0.15, 0.2) is 36.4 Å². The van der Waals surface area contributed by atoms with Crippen LogP contribution in [0.4, 0.5) is 19.0 Å².